The molecule has 0 aliphatic rings. The highest BCUT2D eigenvalue weighted by atomic mass is 15.3. The Bertz CT molecular complexity index is 469. The summed E-state index contributed by atoms with van der Waals surface area (Å²) in [5, 5.41) is 11.5. The molecule has 1 N–H and O–H groups in total. The minimum atomic E-state index is 0.653. The van der Waals surface area contributed by atoms with Crippen molar-refractivity contribution < 1.29 is 0 Å². The fourth-order valence-electron chi connectivity index (χ4n) is 1.35. The van der Waals surface area contributed by atoms with Crippen molar-refractivity contribution in [2.24, 2.45) is 7.05 Å². The summed E-state index contributed by atoms with van der Waals surface area (Å²) in [6.07, 6.45) is 7.07. The first-order valence-corrected chi connectivity index (χ1v) is 4.99. The summed E-state index contributed by atoms with van der Waals surface area (Å²) in [6, 6.07) is 0. The molecule has 0 aromatic carbocycles. The Kier molecular flexibility index (Phi) is 3.11. The van der Waals surface area contributed by atoms with Crippen molar-refractivity contribution >= 4 is 6.20 Å². The molecule has 6 heteroatoms. The van der Waals surface area contributed by atoms with Crippen molar-refractivity contribution in [3.05, 3.63) is 36.7 Å². The third-order valence-corrected chi connectivity index (χ3v) is 2.10. The van der Waals surface area contributed by atoms with Crippen LogP contribution in [-0.2, 0) is 20.1 Å². The van der Waals surface area contributed by atoms with Crippen LogP contribution in [0.25, 0.3) is 6.20 Å². The molecule has 2 aromatic rings. The number of rotatable bonds is 5. The lowest BCUT2D eigenvalue weighted by atomic mass is 10.3. The molecule has 0 atom stereocenters. The smallest absolute Gasteiger partial charge is 0.164 e. The molecule has 2 rings (SSSR count). The highest BCUT2D eigenvalue weighted by Crippen LogP contribution is 1.97. The second-order valence-electron chi connectivity index (χ2n) is 3.45. The Balaban J connectivity index is 1.81. The summed E-state index contributed by atoms with van der Waals surface area (Å²) < 4.78 is 3.36. The number of aromatic nitrogens is 5. The average Bonchev–Trinajstić information content (AvgIpc) is 2.88. The first-order chi connectivity index (χ1) is 7.78. The number of hydrogen-bond donors (Lipinski definition) is 1. The minimum absolute atomic E-state index is 0.653. The van der Waals surface area contributed by atoms with Crippen LogP contribution in [0.5, 0.6) is 0 Å². The highest BCUT2D eigenvalue weighted by Gasteiger charge is 1.99. The van der Waals surface area contributed by atoms with Crippen LogP contribution in [-0.4, -0.2) is 24.5 Å². The van der Waals surface area contributed by atoms with Gasteiger partial charge in [-0.1, -0.05) is 6.58 Å². The minimum Gasteiger partial charge on any atom is -0.306 e. The molecule has 0 radical (unpaired) electrons. The van der Waals surface area contributed by atoms with Crippen molar-refractivity contribution in [2.75, 3.05) is 0 Å². The Morgan fingerprint density at radius 2 is 2.38 bits per heavy atom. The van der Waals surface area contributed by atoms with Gasteiger partial charge in [0.25, 0.3) is 0 Å². The second kappa shape index (κ2) is 4.71. The first-order valence-electron chi connectivity index (χ1n) is 4.99. The van der Waals surface area contributed by atoms with Gasteiger partial charge >= 0.3 is 0 Å². The van der Waals surface area contributed by atoms with Crippen molar-refractivity contribution in [2.45, 2.75) is 13.1 Å². The molecule has 0 bridgehead atoms. The number of aryl methyl sites for hydroxylation is 1. The Morgan fingerprint density at radius 1 is 1.50 bits per heavy atom. The van der Waals surface area contributed by atoms with Gasteiger partial charge in [0.05, 0.1) is 12.7 Å². The second-order valence-corrected chi connectivity index (χ2v) is 3.45. The standard InChI is InChI=1S/C10H14N6/c1-3-16-7-9(5-13-16)4-11-6-10-12-8-15(2)14-10/h3,5,7-8,11H,1,4,6H2,2H3. The van der Waals surface area contributed by atoms with Gasteiger partial charge in [-0.15, -0.1) is 0 Å². The van der Waals surface area contributed by atoms with E-state index >= 15 is 0 Å². The van der Waals surface area contributed by atoms with Gasteiger partial charge in [-0.05, 0) is 0 Å². The maximum atomic E-state index is 4.17. The normalized spacial score (nSPS) is 10.6. The zero-order valence-corrected chi connectivity index (χ0v) is 9.17. The van der Waals surface area contributed by atoms with E-state index in [1.807, 2.05) is 13.2 Å². The van der Waals surface area contributed by atoms with Gasteiger partial charge in [0.2, 0.25) is 0 Å². The van der Waals surface area contributed by atoms with E-state index in [2.05, 4.69) is 27.1 Å². The molecule has 2 heterocycles. The fourth-order valence-corrected chi connectivity index (χ4v) is 1.35. The van der Waals surface area contributed by atoms with E-state index < -0.39 is 0 Å². The van der Waals surface area contributed by atoms with E-state index in [9.17, 15) is 0 Å². The average molecular weight is 218 g/mol. The topological polar surface area (TPSA) is 60.6 Å². The molecule has 0 saturated heterocycles. The lowest BCUT2D eigenvalue weighted by molar-refractivity contribution is 0.649. The molecule has 0 unspecified atom stereocenters. The van der Waals surface area contributed by atoms with Gasteiger partial charge in [-0.3, -0.25) is 4.68 Å². The summed E-state index contributed by atoms with van der Waals surface area (Å²) in [5.41, 5.74) is 1.11. The molecule has 0 aliphatic heterocycles. The fraction of sp³-hybridized carbons (Fsp3) is 0.300. The van der Waals surface area contributed by atoms with Crippen LogP contribution in [0.2, 0.25) is 0 Å². The van der Waals surface area contributed by atoms with Crippen molar-refractivity contribution in [1.29, 1.82) is 0 Å². The molecule has 2 aromatic heterocycles. The van der Waals surface area contributed by atoms with Gasteiger partial charge < -0.3 is 5.32 Å². The molecule has 0 aliphatic carbocycles. The van der Waals surface area contributed by atoms with Crippen LogP contribution in [0.15, 0.2) is 25.3 Å². The highest BCUT2D eigenvalue weighted by molar-refractivity contribution is 5.17. The first kappa shape index (κ1) is 10.6. The molecule has 84 valence electrons. The van der Waals surface area contributed by atoms with E-state index in [1.165, 1.54) is 0 Å². The SMILES string of the molecule is C=Cn1cc(CNCc2ncn(C)n2)cn1. The molecule has 0 amide bonds. The van der Waals surface area contributed by atoms with Crippen LogP contribution >= 0.6 is 0 Å². The van der Waals surface area contributed by atoms with Crippen molar-refractivity contribution in [1.82, 2.24) is 29.9 Å². The number of hydrogen-bond acceptors (Lipinski definition) is 4. The third-order valence-electron chi connectivity index (χ3n) is 2.10. The predicted octanol–water partition coefficient (Wildman–Crippen LogP) is 0.402. The lowest BCUT2D eigenvalue weighted by Gasteiger charge is -1.98. The molecule has 0 fully saturated rings. The number of nitrogens with zero attached hydrogens (tertiary/aromatic N) is 5. The largest absolute Gasteiger partial charge is 0.306 e. The van der Waals surface area contributed by atoms with E-state index in [4.69, 9.17) is 0 Å². The van der Waals surface area contributed by atoms with Crippen LogP contribution in [0.3, 0.4) is 0 Å². The van der Waals surface area contributed by atoms with Crippen LogP contribution in [0.1, 0.15) is 11.4 Å². The molecule has 16 heavy (non-hydrogen) atoms. The van der Waals surface area contributed by atoms with Crippen LogP contribution in [0.4, 0.5) is 0 Å². The maximum Gasteiger partial charge on any atom is 0.164 e. The molecule has 6 nitrogen and oxygen atoms in total. The summed E-state index contributed by atoms with van der Waals surface area (Å²) in [4.78, 5) is 4.12. The van der Waals surface area contributed by atoms with Crippen LogP contribution in [0, 0.1) is 0 Å². The summed E-state index contributed by atoms with van der Waals surface area (Å²) in [5.74, 6) is 0.790. The number of nitrogens with one attached hydrogen (secondary N) is 1. The van der Waals surface area contributed by atoms with Crippen LogP contribution < -0.4 is 5.32 Å². The molecule has 0 spiro atoms. The Labute approximate surface area is 93.6 Å². The maximum absolute atomic E-state index is 4.17. The monoisotopic (exact) mass is 218 g/mol. The van der Waals surface area contributed by atoms with Gasteiger partial charge in [-0.25, -0.2) is 9.67 Å². The lowest BCUT2D eigenvalue weighted by Crippen LogP contribution is -2.13. The Hall–Kier alpha value is -1.95. The summed E-state index contributed by atoms with van der Waals surface area (Å²) in [7, 11) is 1.85. The summed E-state index contributed by atoms with van der Waals surface area (Å²) >= 11 is 0. The van der Waals surface area contributed by atoms with Gasteiger partial charge in [0.15, 0.2) is 5.82 Å². The quantitative estimate of drug-likeness (QED) is 0.789. The zero-order chi connectivity index (χ0) is 11.4. The van der Waals surface area contributed by atoms with Gasteiger partial charge in [0.1, 0.15) is 6.33 Å². The zero-order valence-electron chi connectivity index (χ0n) is 9.17. The predicted molar refractivity (Wildman–Crippen MR) is 60.2 cm³/mol. The molecular formula is C10H14N6. The summed E-state index contributed by atoms with van der Waals surface area (Å²) in [6.45, 7) is 5.03. The van der Waals surface area contributed by atoms with Gasteiger partial charge in [0, 0.05) is 31.6 Å². The van der Waals surface area contributed by atoms with E-state index in [0.717, 1.165) is 17.9 Å². The Morgan fingerprint density at radius 3 is 3.00 bits per heavy atom. The van der Waals surface area contributed by atoms with E-state index in [0.29, 0.717) is 6.54 Å². The third kappa shape index (κ3) is 2.54. The van der Waals surface area contributed by atoms with Crippen molar-refractivity contribution in [3.8, 4) is 0 Å². The van der Waals surface area contributed by atoms with E-state index in [-0.39, 0.29) is 0 Å². The van der Waals surface area contributed by atoms with E-state index in [1.54, 1.807) is 28.1 Å². The van der Waals surface area contributed by atoms with Gasteiger partial charge in [-0.2, -0.15) is 10.2 Å². The molecular weight excluding hydrogens is 204 g/mol. The van der Waals surface area contributed by atoms with Crippen molar-refractivity contribution in [3.63, 3.8) is 0 Å². The molecule has 0 saturated carbocycles.